The molecule has 2 N–H and O–H groups in total. The topological polar surface area (TPSA) is 40.7 Å². The molecule has 1 atom stereocenters. The van der Waals surface area contributed by atoms with Crippen LogP contribution in [0.25, 0.3) is 11.3 Å². The van der Waals surface area contributed by atoms with Crippen molar-refractivity contribution in [2.24, 2.45) is 0 Å². The van der Waals surface area contributed by atoms with Crippen molar-refractivity contribution in [2.45, 2.75) is 19.4 Å². The Labute approximate surface area is 132 Å². The second-order valence-corrected chi connectivity index (χ2v) is 5.75. The highest BCUT2D eigenvalue weighted by Gasteiger charge is 2.30. The smallest absolute Gasteiger partial charge is 0.146 e. The van der Waals surface area contributed by atoms with Crippen LogP contribution in [-0.2, 0) is 6.54 Å². The molecule has 0 saturated carbocycles. The summed E-state index contributed by atoms with van der Waals surface area (Å²) in [6.07, 6.45) is 0. The largest absolute Gasteiger partial charge is 0.377 e. The standard InChI is InChI=1S/C18H15F2N3/c1-10-12-4-2-3-5-13(12)18-17(10)16(22-23-18)9-21-15-8-11(19)6-7-14(15)20/h2-8,10,21H,9H2,1H3,(H,22,23). The fourth-order valence-corrected chi connectivity index (χ4v) is 3.26. The first-order valence-corrected chi connectivity index (χ1v) is 7.50. The number of aromatic nitrogens is 2. The molecule has 1 aromatic heterocycles. The molecule has 1 aliphatic rings. The quantitative estimate of drug-likeness (QED) is 0.751. The van der Waals surface area contributed by atoms with Crippen molar-refractivity contribution in [3.05, 3.63) is 70.9 Å². The molecule has 5 heteroatoms. The van der Waals surface area contributed by atoms with Crippen molar-refractivity contribution in [1.29, 1.82) is 0 Å². The van der Waals surface area contributed by atoms with E-state index in [9.17, 15) is 8.78 Å². The fourth-order valence-electron chi connectivity index (χ4n) is 3.26. The molecule has 1 heterocycles. The number of hydrogen-bond donors (Lipinski definition) is 2. The molecule has 0 fully saturated rings. The molecule has 0 amide bonds. The van der Waals surface area contributed by atoms with Crippen molar-refractivity contribution >= 4 is 5.69 Å². The minimum atomic E-state index is -0.473. The predicted molar refractivity (Wildman–Crippen MR) is 85.2 cm³/mol. The normalized spacial score (nSPS) is 15.3. The summed E-state index contributed by atoms with van der Waals surface area (Å²) in [5, 5.41) is 10.4. The zero-order valence-electron chi connectivity index (χ0n) is 12.5. The van der Waals surface area contributed by atoms with E-state index in [0.717, 1.165) is 40.7 Å². The Kier molecular flexibility index (Phi) is 3.15. The third-order valence-electron chi connectivity index (χ3n) is 4.38. The molecule has 2 aromatic carbocycles. The van der Waals surface area contributed by atoms with Crippen LogP contribution >= 0.6 is 0 Å². The lowest BCUT2D eigenvalue weighted by Crippen LogP contribution is -2.05. The molecule has 3 aromatic rings. The van der Waals surface area contributed by atoms with Crippen LogP contribution in [0.15, 0.2) is 42.5 Å². The summed E-state index contributed by atoms with van der Waals surface area (Å²) in [7, 11) is 0. The van der Waals surface area contributed by atoms with Gasteiger partial charge in [0.25, 0.3) is 0 Å². The maximum atomic E-state index is 13.7. The predicted octanol–water partition coefficient (Wildman–Crippen LogP) is 4.43. The summed E-state index contributed by atoms with van der Waals surface area (Å²) in [6.45, 7) is 2.49. The molecular formula is C18H15F2N3. The zero-order chi connectivity index (χ0) is 16.0. The van der Waals surface area contributed by atoms with Gasteiger partial charge in [-0.25, -0.2) is 8.78 Å². The monoisotopic (exact) mass is 311 g/mol. The number of H-pyrrole nitrogens is 1. The minimum Gasteiger partial charge on any atom is -0.377 e. The van der Waals surface area contributed by atoms with Gasteiger partial charge < -0.3 is 5.32 Å². The van der Waals surface area contributed by atoms with Gasteiger partial charge in [0.2, 0.25) is 0 Å². The lowest BCUT2D eigenvalue weighted by molar-refractivity contribution is 0.602. The Hall–Kier alpha value is -2.69. The maximum Gasteiger partial charge on any atom is 0.146 e. The van der Waals surface area contributed by atoms with Crippen LogP contribution in [0.1, 0.15) is 29.7 Å². The van der Waals surface area contributed by atoms with E-state index in [1.54, 1.807) is 0 Å². The molecule has 0 saturated heterocycles. The Morgan fingerprint density at radius 2 is 2.00 bits per heavy atom. The summed E-state index contributed by atoms with van der Waals surface area (Å²) in [6, 6.07) is 11.6. The molecule has 3 nitrogen and oxygen atoms in total. The van der Waals surface area contributed by atoms with Gasteiger partial charge in [0.1, 0.15) is 11.6 Å². The second-order valence-electron chi connectivity index (χ2n) is 5.75. The number of anilines is 1. The maximum absolute atomic E-state index is 13.7. The molecule has 0 bridgehead atoms. The SMILES string of the molecule is CC1c2ccccc2-c2n[nH]c(CNc3cc(F)ccc3F)c21. The van der Waals surface area contributed by atoms with Crippen molar-refractivity contribution < 1.29 is 8.78 Å². The number of rotatable bonds is 3. The summed E-state index contributed by atoms with van der Waals surface area (Å²) in [5.41, 5.74) is 5.50. The van der Waals surface area contributed by atoms with Crippen molar-refractivity contribution in [2.75, 3.05) is 5.32 Å². The highest BCUT2D eigenvalue weighted by molar-refractivity contribution is 5.76. The molecule has 1 aliphatic carbocycles. The lowest BCUT2D eigenvalue weighted by Gasteiger charge is -2.10. The van der Waals surface area contributed by atoms with Crippen molar-refractivity contribution in [1.82, 2.24) is 10.2 Å². The van der Waals surface area contributed by atoms with E-state index < -0.39 is 11.6 Å². The summed E-state index contributed by atoms with van der Waals surface area (Å²) < 4.78 is 27.0. The van der Waals surface area contributed by atoms with Gasteiger partial charge in [-0.2, -0.15) is 5.10 Å². The number of hydrogen-bond acceptors (Lipinski definition) is 2. The van der Waals surface area contributed by atoms with Gasteiger partial charge in [0, 0.05) is 17.0 Å². The van der Waals surface area contributed by atoms with Crippen LogP contribution in [-0.4, -0.2) is 10.2 Å². The zero-order valence-corrected chi connectivity index (χ0v) is 12.5. The number of nitrogens with zero attached hydrogens (tertiary/aromatic N) is 1. The first-order valence-electron chi connectivity index (χ1n) is 7.50. The lowest BCUT2D eigenvalue weighted by atomic mass is 9.98. The average Bonchev–Trinajstić information content (AvgIpc) is 3.09. The summed E-state index contributed by atoms with van der Waals surface area (Å²) in [4.78, 5) is 0. The minimum absolute atomic E-state index is 0.150. The molecule has 116 valence electrons. The highest BCUT2D eigenvalue weighted by Crippen LogP contribution is 2.44. The number of nitrogens with one attached hydrogen (secondary N) is 2. The van der Waals surface area contributed by atoms with Crippen LogP contribution < -0.4 is 5.32 Å². The van der Waals surface area contributed by atoms with E-state index in [4.69, 9.17) is 0 Å². The fraction of sp³-hybridized carbons (Fsp3) is 0.167. The molecule has 0 radical (unpaired) electrons. The van der Waals surface area contributed by atoms with Crippen molar-refractivity contribution in [3.63, 3.8) is 0 Å². The summed E-state index contributed by atoms with van der Waals surface area (Å²) in [5.74, 6) is -0.711. The van der Waals surface area contributed by atoms with Gasteiger partial charge in [-0.1, -0.05) is 31.2 Å². The van der Waals surface area contributed by atoms with Gasteiger partial charge in [0.15, 0.2) is 0 Å². The van der Waals surface area contributed by atoms with E-state index in [1.165, 1.54) is 5.56 Å². The van der Waals surface area contributed by atoms with Crippen LogP contribution in [0.2, 0.25) is 0 Å². The van der Waals surface area contributed by atoms with E-state index in [1.807, 2.05) is 12.1 Å². The first kappa shape index (κ1) is 13.9. The molecule has 4 rings (SSSR count). The molecule has 23 heavy (non-hydrogen) atoms. The van der Waals surface area contributed by atoms with Gasteiger partial charge in [-0.15, -0.1) is 0 Å². The second kappa shape index (κ2) is 5.19. The Morgan fingerprint density at radius 1 is 1.17 bits per heavy atom. The highest BCUT2D eigenvalue weighted by atomic mass is 19.1. The van der Waals surface area contributed by atoms with Crippen LogP contribution in [0, 0.1) is 11.6 Å². The van der Waals surface area contributed by atoms with Crippen LogP contribution in [0.3, 0.4) is 0 Å². The molecular weight excluding hydrogens is 296 g/mol. The van der Waals surface area contributed by atoms with E-state index in [0.29, 0.717) is 6.54 Å². The van der Waals surface area contributed by atoms with Crippen molar-refractivity contribution in [3.8, 4) is 11.3 Å². The summed E-state index contributed by atoms with van der Waals surface area (Å²) >= 11 is 0. The van der Waals surface area contributed by atoms with Gasteiger partial charge in [0.05, 0.1) is 23.6 Å². The van der Waals surface area contributed by atoms with Gasteiger partial charge >= 0.3 is 0 Å². The van der Waals surface area contributed by atoms with E-state index >= 15 is 0 Å². The number of fused-ring (bicyclic) bond motifs is 3. The number of benzene rings is 2. The number of aromatic amines is 1. The average molecular weight is 311 g/mol. The third kappa shape index (κ3) is 2.20. The van der Waals surface area contributed by atoms with Gasteiger partial charge in [-0.3, -0.25) is 5.10 Å². The molecule has 0 spiro atoms. The van der Waals surface area contributed by atoms with E-state index in [-0.39, 0.29) is 11.6 Å². The molecule has 0 aliphatic heterocycles. The Morgan fingerprint density at radius 3 is 2.87 bits per heavy atom. The third-order valence-corrected chi connectivity index (χ3v) is 4.38. The van der Waals surface area contributed by atoms with Crippen LogP contribution in [0.4, 0.5) is 14.5 Å². The van der Waals surface area contributed by atoms with E-state index in [2.05, 4.69) is 34.6 Å². The van der Waals surface area contributed by atoms with Gasteiger partial charge in [-0.05, 0) is 23.8 Å². The Balaban J connectivity index is 1.63. The van der Waals surface area contributed by atoms with Crippen LogP contribution in [0.5, 0.6) is 0 Å². The first-order chi connectivity index (χ1) is 11.1. The number of halogens is 2. The molecule has 1 unspecified atom stereocenters. The Bertz CT molecular complexity index is 886.